The van der Waals surface area contributed by atoms with Crippen LogP contribution in [0.1, 0.15) is 12.0 Å². The molecule has 0 amide bonds. The molecule has 0 aromatic heterocycles. The second-order valence-corrected chi connectivity index (χ2v) is 2.87. The minimum atomic E-state index is -3.01. The molecule has 0 heterocycles. The maximum atomic E-state index is 12.8. The second-order valence-electron chi connectivity index (χ2n) is 2.87. The van der Waals surface area contributed by atoms with Crippen molar-refractivity contribution in [3.05, 3.63) is 35.7 Å². The molecule has 0 atom stereocenters. The highest BCUT2D eigenvalue weighted by Gasteiger charge is 2.08. The fourth-order valence-electron chi connectivity index (χ4n) is 1.09. The molecule has 0 spiro atoms. The van der Waals surface area contributed by atoms with E-state index in [9.17, 15) is 18.0 Å². The van der Waals surface area contributed by atoms with Gasteiger partial charge in [-0.05, 0) is 12.1 Å². The van der Waals surface area contributed by atoms with Crippen LogP contribution in [0.3, 0.4) is 0 Å². The Morgan fingerprint density at radius 2 is 2.12 bits per heavy atom. The van der Waals surface area contributed by atoms with E-state index in [4.69, 9.17) is 0 Å². The van der Waals surface area contributed by atoms with E-state index in [1.54, 1.807) is 0 Å². The van der Waals surface area contributed by atoms with E-state index >= 15 is 0 Å². The van der Waals surface area contributed by atoms with E-state index in [1.807, 2.05) is 0 Å². The Morgan fingerprint density at radius 3 is 2.75 bits per heavy atom. The number of ether oxygens (including phenoxy) is 1. The van der Waals surface area contributed by atoms with Crippen LogP contribution in [0, 0.1) is 5.82 Å². The highest BCUT2D eigenvalue weighted by molar-refractivity contribution is 5.61. The molecule has 0 unspecified atom stereocenters. The molecule has 1 rings (SSSR count). The van der Waals surface area contributed by atoms with Crippen molar-refractivity contribution in [3.8, 4) is 5.75 Å². The molecule has 2 nitrogen and oxygen atoms in total. The molecule has 0 radical (unpaired) electrons. The molecule has 0 saturated heterocycles. The van der Waals surface area contributed by atoms with Crippen molar-refractivity contribution in [1.82, 2.24) is 0 Å². The van der Waals surface area contributed by atoms with Gasteiger partial charge in [-0.1, -0.05) is 12.2 Å². The Morgan fingerprint density at radius 1 is 1.38 bits per heavy atom. The third-order valence-electron chi connectivity index (χ3n) is 1.72. The molecular formula is C11H9F3O2. The lowest BCUT2D eigenvalue weighted by molar-refractivity contribution is -0.107. The van der Waals surface area contributed by atoms with Gasteiger partial charge in [0.25, 0.3) is 0 Å². The summed E-state index contributed by atoms with van der Waals surface area (Å²) in [6, 6.07) is 3.29. The Labute approximate surface area is 90.3 Å². The number of aldehydes is 1. The number of halogens is 3. The number of hydrogen-bond acceptors (Lipinski definition) is 2. The summed E-state index contributed by atoms with van der Waals surface area (Å²) in [4.78, 5) is 10.0. The summed E-state index contributed by atoms with van der Waals surface area (Å²) in [6.07, 6.45) is 3.71. The average molecular weight is 230 g/mol. The van der Waals surface area contributed by atoms with Gasteiger partial charge in [0.15, 0.2) is 0 Å². The third kappa shape index (κ3) is 3.76. The van der Waals surface area contributed by atoms with E-state index in [1.165, 1.54) is 18.2 Å². The molecule has 0 aliphatic carbocycles. The molecule has 0 fully saturated rings. The van der Waals surface area contributed by atoms with Gasteiger partial charge in [0.1, 0.15) is 17.9 Å². The molecule has 0 aliphatic heterocycles. The first-order valence-corrected chi connectivity index (χ1v) is 4.48. The van der Waals surface area contributed by atoms with Crippen LogP contribution in [-0.4, -0.2) is 12.9 Å². The molecule has 16 heavy (non-hydrogen) atoms. The highest BCUT2D eigenvalue weighted by atomic mass is 19.3. The zero-order valence-corrected chi connectivity index (χ0v) is 8.20. The maximum absolute atomic E-state index is 12.8. The molecule has 1 aromatic carbocycles. The Hall–Kier alpha value is -1.78. The Balaban J connectivity index is 2.92. The van der Waals surface area contributed by atoms with Crippen LogP contribution in [0.5, 0.6) is 5.75 Å². The predicted molar refractivity (Wildman–Crippen MR) is 52.7 cm³/mol. The minimum Gasteiger partial charge on any atom is -0.434 e. The van der Waals surface area contributed by atoms with Gasteiger partial charge in [-0.25, -0.2) is 4.39 Å². The summed E-state index contributed by atoms with van der Waals surface area (Å²) >= 11 is 0. The number of allylic oxidation sites excluding steroid dienone is 1. The van der Waals surface area contributed by atoms with Crippen molar-refractivity contribution >= 4 is 12.4 Å². The number of alkyl halides is 2. The molecule has 1 aromatic rings. The van der Waals surface area contributed by atoms with Crippen molar-refractivity contribution in [1.29, 1.82) is 0 Å². The maximum Gasteiger partial charge on any atom is 0.387 e. The molecule has 5 heteroatoms. The quantitative estimate of drug-likeness (QED) is 0.727. The summed E-state index contributed by atoms with van der Waals surface area (Å²) in [5, 5.41) is 0. The summed E-state index contributed by atoms with van der Waals surface area (Å²) < 4.78 is 40.9. The lowest BCUT2D eigenvalue weighted by Crippen LogP contribution is -2.03. The van der Waals surface area contributed by atoms with Crippen molar-refractivity contribution in [2.24, 2.45) is 0 Å². The van der Waals surface area contributed by atoms with Gasteiger partial charge >= 0.3 is 6.61 Å². The summed E-state index contributed by atoms with van der Waals surface area (Å²) in [5.41, 5.74) is 0.295. The van der Waals surface area contributed by atoms with E-state index in [-0.39, 0.29) is 12.2 Å². The van der Waals surface area contributed by atoms with Crippen LogP contribution >= 0.6 is 0 Å². The van der Waals surface area contributed by atoms with Gasteiger partial charge < -0.3 is 9.53 Å². The largest absolute Gasteiger partial charge is 0.434 e. The van der Waals surface area contributed by atoms with Crippen LogP contribution in [-0.2, 0) is 4.79 Å². The summed E-state index contributed by atoms with van der Waals surface area (Å²) in [5.74, 6) is -0.916. The van der Waals surface area contributed by atoms with Crippen LogP contribution in [0.2, 0.25) is 0 Å². The van der Waals surface area contributed by atoms with Gasteiger partial charge in [0.2, 0.25) is 0 Å². The normalized spacial score (nSPS) is 11.0. The first-order valence-electron chi connectivity index (χ1n) is 4.48. The average Bonchev–Trinajstić information content (AvgIpc) is 2.20. The molecular weight excluding hydrogens is 221 g/mol. The third-order valence-corrected chi connectivity index (χ3v) is 1.72. The molecule has 0 saturated carbocycles. The first-order chi connectivity index (χ1) is 7.63. The highest BCUT2D eigenvalue weighted by Crippen LogP contribution is 2.23. The van der Waals surface area contributed by atoms with Gasteiger partial charge in [-0.2, -0.15) is 8.78 Å². The van der Waals surface area contributed by atoms with Gasteiger partial charge in [-0.3, -0.25) is 0 Å². The standard InChI is InChI=1S/C11H9F3O2/c12-9-5-4-8(3-1-2-6-15)10(7-9)16-11(13)14/h1,3-7,11H,2H2. The lowest BCUT2D eigenvalue weighted by atomic mass is 10.1. The van der Waals surface area contributed by atoms with Crippen LogP contribution < -0.4 is 4.74 Å². The van der Waals surface area contributed by atoms with Crippen molar-refractivity contribution in [2.45, 2.75) is 13.0 Å². The lowest BCUT2D eigenvalue weighted by Gasteiger charge is -2.07. The van der Waals surface area contributed by atoms with Gasteiger partial charge in [-0.15, -0.1) is 0 Å². The van der Waals surface area contributed by atoms with E-state index in [0.717, 1.165) is 12.1 Å². The summed E-state index contributed by atoms with van der Waals surface area (Å²) in [7, 11) is 0. The monoisotopic (exact) mass is 230 g/mol. The number of rotatable bonds is 5. The zero-order valence-electron chi connectivity index (χ0n) is 8.20. The van der Waals surface area contributed by atoms with Gasteiger partial charge in [0.05, 0.1) is 0 Å². The zero-order chi connectivity index (χ0) is 12.0. The van der Waals surface area contributed by atoms with Crippen LogP contribution in [0.15, 0.2) is 24.3 Å². The number of benzene rings is 1. The van der Waals surface area contributed by atoms with E-state index < -0.39 is 12.4 Å². The number of carbonyl (C=O) groups is 1. The summed E-state index contributed by atoms with van der Waals surface area (Å²) in [6.45, 7) is -3.01. The first kappa shape index (κ1) is 12.3. The predicted octanol–water partition coefficient (Wildman–Crippen LogP) is 3.03. The van der Waals surface area contributed by atoms with Crippen molar-refractivity contribution in [2.75, 3.05) is 0 Å². The SMILES string of the molecule is O=CCC=Cc1ccc(F)cc1OC(F)F. The topological polar surface area (TPSA) is 26.3 Å². The Kier molecular flexibility index (Phi) is 4.57. The minimum absolute atomic E-state index is 0.158. The molecule has 0 N–H and O–H groups in total. The van der Waals surface area contributed by atoms with Crippen molar-refractivity contribution < 1.29 is 22.7 Å². The van der Waals surface area contributed by atoms with Crippen LogP contribution in [0.4, 0.5) is 13.2 Å². The fourth-order valence-corrected chi connectivity index (χ4v) is 1.09. The second kappa shape index (κ2) is 5.95. The van der Waals surface area contributed by atoms with Crippen molar-refractivity contribution in [3.63, 3.8) is 0 Å². The molecule has 0 aliphatic rings. The van der Waals surface area contributed by atoms with E-state index in [2.05, 4.69) is 4.74 Å². The Bertz CT molecular complexity index is 389. The van der Waals surface area contributed by atoms with Crippen LogP contribution in [0.25, 0.3) is 6.08 Å². The van der Waals surface area contributed by atoms with Gasteiger partial charge in [0, 0.05) is 18.1 Å². The van der Waals surface area contributed by atoms with E-state index in [0.29, 0.717) is 11.8 Å². The fraction of sp³-hybridized carbons (Fsp3) is 0.182. The number of hydrogen-bond donors (Lipinski definition) is 0. The smallest absolute Gasteiger partial charge is 0.387 e. The molecule has 86 valence electrons. The number of carbonyl (C=O) groups excluding carboxylic acids is 1. The molecule has 0 bridgehead atoms.